The summed E-state index contributed by atoms with van der Waals surface area (Å²) in [4.78, 5) is 0. The molecule has 0 aliphatic carbocycles. The average molecular weight is 314 g/mol. The summed E-state index contributed by atoms with van der Waals surface area (Å²) in [7, 11) is 0. The van der Waals surface area contributed by atoms with Crippen molar-refractivity contribution in [3.8, 4) is 0 Å². The molecule has 0 fully saturated rings. The van der Waals surface area contributed by atoms with Crippen molar-refractivity contribution in [2.45, 2.75) is 52.4 Å². The van der Waals surface area contributed by atoms with Crippen LogP contribution in [0, 0.1) is 0 Å². The van der Waals surface area contributed by atoms with Crippen LogP contribution in [0.2, 0.25) is 0 Å². The van der Waals surface area contributed by atoms with Gasteiger partial charge in [0.15, 0.2) is 0 Å². The summed E-state index contributed by atoms with van der Waals surface area (Å²) in [6.45, 7) is 4.95. The van der Waals surface area contributed by atoms with Gasteiger partial charge in [0.25, 0.3) is 0 Å². The molecule has 0 atom stereocenters. The summed E-state index contributed by atoms with van der Waals surface area (Å²) in [6.07, 6.45) is 6.65. The molecule has 6 heteroatoms. The minimum atomic E-state index is 0. The minimum Gasteiger partial charge on any atom is -0.396 e. The van der Waals surface area contributed by atoms with Crippen LogP contribution in [0.15, 0.2) is 0 Å². The van der Waals surface area contributed by atoms with Crippen molar-refractivity contribution in [2.24, 2.45) is 0 Å². The molecule has 0 aromatic rings. The first-order valence-corrected chi connectivity index (χ1v) is 5.97. The Hall–Kier alpha value is 1.04. The van der Waals surface area contributed by atoms with E-state index in [0.29, 0.717) is 13.2 Å². The molecular weight excluding hydrogens is 290 g/mol. The molecule has 16 heavy (non-hydrogen) atoms. The topological polar surface area (TPSA) is 49.7 Å². The maximum Gasteiger partial charge on any atom is 0.0832 e. The van der Waals surface area contributed by atoms with Crippen molar-refractivity contribution in [3.63, 3.8) is 0 Å². The normalized spacial score (nSPS) is 7.88. The van der Waals surface area contributed by atoms with Crippen LogP contribution in [-0.4, -0.2) is 23.4 Å². The van der Waals surface area contributed by atoms with Crippen molar-refractivity contribution >= 4 is 23.7 Å². The largest absolute Gasteiger partial charge is 0.396 e. The Labute approximate surface area is 122 Å². The van der Waals surface area contributed by atoms with E-state index in [2.05, 4.69) is 41.4 Å². The molecule has 0 spiro atoms. The van der Waals surface area contributed by atoms with E-state index in [-0.39, 0.29) is 18.6 Å². The van der Waals surface area contributed by atoms with E-state index in [1.165, 1.54) is 12.8 Å². The maximum absolute atomic E-state index is 8.20. The quantitative estimate of drug-likeness (QED) is 0.736. The van der Waals surface area contributed by atoms with Crippen LogP contribution in [-0.2, 0) is 22.4 Å². The zero-order valence-corrected chi connectivity index (χ0v) is 13.1. The molecule has 2 N–H and O–H groups in total. The van der Waals surface area contributed by atoms with Gasteiger partial charge in [0.2, 0.25) is 0 Å². The van der Waals surface area contributed by atoms with Crippen molar-refractivity contribution in [3.05, 3.63) is 0 Å². The molecule has 0 saturated heterocycles. The van der Waals surface area contributed by atoms with Crippen LogP contribution in [0.25, 0.3) is 0 Å². The molecule has 0 aromatic carbocycles. The molecule has 0 amide bonds. The average Bonchev–Trinajstić information content (AvgIpc) is 2.25. The van der Waals surface area contributed by atoms with E-state index >= 15 is 0 Å². The summed E-state index contributed by atoms with van der Waals surface area (Å²) in [5, 5.41) is 16.4. The molecule has 101 valence electrons. The first-order chi connectivity index (χ1) is 7.24. The van der Waals surface area contributed by atoms with Gasteiger partial charge in [-0.1, -0.05) is 39.5 Å². The molecule has 3 nitrogen and oxygen atoms in total. The first kappa shape index (κ1) is 25.8. The van der Waals surface area contributed by atoms with Gasteiger partial charge in [0.1, 0.15) is 0 Å². The zero-order valence-electron chi connectivity index (χ0n) is 10.2. The van der Waals surface area contributed by atoms with Crippen LogP contribution in [0.4, 0.5) is 0 Å². The summed E-state index contributed by atoms with van der Waals surface area (Å²) >= 11 is 8.53. The van der Waals surface area contributed by atoms with Gasteiger partial charge in [-0.15, -0.1) is 0 Å². The Morgan fingerprint density at radius 2 is 1.06 bits per heavy atom. The standard InChI is InChI=1S/2C5H12O.Cl2O.V/c2*1-2-3-4-5-6;1-3-2;/h2*6H,2-5H2,1H3;;. The molecular formula is C10H24Cl2O3V. The van der Waals surface area contributed by atoms with Crippen LogP contribution < -0.4 is 0 Å². The Morgan fingerprint density at radius 1 is 0.812 bits per heavy atom. The number of hydrogen-bond donors (Lipinski definition) is 2. The van der Waals surface area contributed by atoms with Gasteiger partial charge in [0.05, 0.1) is 23.7 Å². The smallest absolute Gasteiger partial charge is 0.0832 e. The van der Waals surface area contributed by atoms with E-state index in [0.717, 1.165) is 25.7 Å². The van der Waals surface area contributed by atoms with E-state index in [9.17, 15) is 0 Å². The summed E-state index contributed by atoms with van der Waals surface area (Å²) in [5.74, 6) is 0. The Morgan fingerprint density at radius 3 is 1.12 bits per heavy atom. The van der Waals surface area contributed by atoms with Gasteiger partial charge in [-0.3, -0.25) is 0 Å². The fraction of sp³-hybridized carbons (Fsp3) is 1.00. The maximum atomic E-state index is 8.20. The second-order valence-electron chi connectivity index (χ2n) is 2.92. The number of aliphatic hydroxyl groups excluding tert-OH is 2. The number of hydrogen-bond acceptors (Lipinski definition) is 3. The molecule has 0 unspecified atom stereocenters. The van der Waals surface area contributed by atoms with Gasteiger partial charge >= 0.3 is 0 Å². The molecule has 0 aliphatic rings. The van der Waals surface area contributed by atoms with E-state index in [4.69, 9.17) is 10.2 Å². The number of halogens is 2. The van der Waals surface area contributed by atoms with Crippen LogP contribution in [0.5, 0.6) is 0 Å². The molecule has 1 radical (unpaired) electrons. The van der Waals surface area contributed by atoms with E-state index in [1.54, 1.807) is 0 Å². The van der Waals surface area contributed by atoms with Gasteiger partial charge in [-0.25, -0.2) is 0 Å². The Kier molecular flexibility index (Phi) is 58.0. The molecule has 0 rings (SSSR count). The summed E-state index contributed by atoms with van der Waals surface area (Å²) < 4.78 is 3.19. The third-order valence-corrected chi connectivity index (χ3v) is 1.52. The van der Waals surface area contributed by atoms with Crippen molar-refractivity contribution in [2.75, 3.05) is 13.2 Å². The predicted molar refractivity (Wildman–Crippen MR) is 66.0 cm³/mol. The second kappa shape index (κ2) is 36.0. The molecule has 0 heterocycles. The summed E-state index contributed by atoms with van der Waals surface area (Å²) in [5.41, 5.74) is 0. The summed E-state index contributed by atoms with van der Waals surface area (Å²) in [6, 6.07) is 0. The van der Waals surface area contributed by atoms with E-state index in [1.807, 2.05) is 0 Å². The zero-order chi connectivity index (χ0) is 12.4. The number of aliphatic hydroxyl groups is 2. The van der Waals surface area contributed by atoms with Gasteiger partial charge in [-0.2, -0.15) is 3.84 Å². The first-order valence-electron chi connectivity index (χ1n) is 5.36. The molecule has 0 bridgehead atoms. The number of rotatable bonds is 6. The fourth-order valence-corrected chi connectivity index (χ4v) is 0.724. The molecule has 0 aromatic heterocycles. The monoisotopic (exact) mass is 313 g/mol. The van der Waals surface area contributed by atoms with Crippen LogP contribution in [0.3, 0.4) is 0 Å². The fourth-order valence-electron chi connectivity index (χ4n) is 0.724. The Bertz CT molecular complexity index is 65.1. The number of unbranched alkanes of at least 4 members (excludes halogenated alkanes) is 4. The predicted octanol–water partition coefficient (Wildman–Crippen LogP) is 3.65. The third-order valence-electron chi connectivity index (χ3n) is 1.52. The van der Waals surface area contributed by atoms with E-state index < -0.39 is 0 Å². The van der Waals surface area contributed by atoms with Gasteiger partial charge < -0.3 is 10.2 Å². The minimum absolute atomic E-state index is 0. The second-order valence-corrected chi connectivity index (χ2v) is 3.39. The van der Waals surface area contributed by atoms with Crippen LogP contribution in [0.1, 0.15) is 52.4 Å². The van der Waals surface area contributed by atoms with Crippen molar-refractivity contribution in [1.82, 2.24) is 0 Å². The Balaban J connectivity index is -0.0000000692. The van der Waals surface area contributed by atoms with Gasteiger partial charge in [-0.05, 0) is 12.8 Å². The van der Waals surface area contributed by atoms with Crippen LogP contribution >= 0.6 is 23.7 Å². The molecule has 0 aliphatic heterocycles. The molecule has 0 saturated carbocycles. The third kappa shape index (κ3) is 59.8. The van der Waals surface area contributed by atoms with Crippen molar-refractivity contribution < 1.29 is 32.6 Å². The van der Waals surface area contributed by atoms with Gasteiger partial charge in [0, 0.05) is 31.8 Å². The SMILES string of the molecule is CCCCCO.CCCCCO.ClOCl.[V]. The van der Waals surface area contributed by atoms with Crippen molar-refractivity contribution in [1.29, 1.82) is 0 Å².